The van der Waals surface area contributed by atoms with E-state index in [0.717, 1.165) is 23.1 Å². The van der Waals surface area contributed by atoms with Crippen molar-refractivity contribution in [1.29, 1.82) is 0 Å². The van der Waals surface area contributed by atoms with Crippen LogP contribution >= 0.6 is 0 Å². The van der Waals surface area contributed by atoms with E-state index in [-0.39, 0.29) is 5.97 Å². The lowest BCUT2D eigenvalue weighted by Gasteiger charge is -2.24. The standard InChI is InChI=1S/C28H30N2O3/c1-18(2)16-20-12-14-21(15-13-20)19(3)27(31)33-26-17-22-8-4-6-10-24(22)30(28(29)32)25-11-7-5-9-23(25)26/h4-15,18-19,26H,16-17H2,1-3H3,(H2,29,32)/t19-,26+/m1/s1. The van der Waals surface area contributed by atoms with Gasteiger partial charge in [-0.05, 0) is 48.1 Å². The van der Waals surface area contributed by atoms with Crippen molar-refractivity contribution < 1.29 is 14.3 Å². The Labute approximate surface area is 195 Å². The fraction of sp³-hybridized carbons (Fsp3) is 0.286. The zero-order valence-electron chi connectivity index (χ0n) is 19.3. The summed E-state index contributed by atoms with van der Waals surface area (Å²) in [7, 11) is 0. The number of nitrogens with zero attached hydrogens (tertiary/aromatic N) is 1. The summed E-state index contributed by atoms with van der Waals surface area (Å²) in [4.78, 5) is 27.1. The van der Waals surface area contributed by atoms with Gasteiger partial charge in [-0.3, -0.25) is 9.69 Å². The molecule has 170 valence electrons. The zero-order valence-corrected chi connectivity index (χ0v) is 19.3. The Morgan fingerprint density at radius 3 is 2.24 bits per heavy atom. The summed E-state index contributed by atoms with van der Waals surface area (Å²) in [6, 6.07) is 22.7. The molecule has 0 bridgehead atoms. The van der Waals surface area contributed by atoms with Gasteiger partial charge in [-0.2, -0.15) is 0 Å². The highest BCUT2D eigenvalue weighted by Crippen LogP contribution is 2.41. The maximum absolute atomic E-state index is 13.2. The highest BCUT2D eigenvalue weighted by Gasteiger charge is 2.32. The van der Waals surface area contributed by atoms with Crippen molar-refractivity contribution in [2.75, 3.05) is 4.90 Å². The van der Waals surface area contributed by atoms with Crippen molar-refractivity contribution in [2.24, 2.45) is 11.7 Å². The molecule has 0 aliphatic carbocycles. The van der Waals surface area contributed by atoms with Crippen LogP contribution < -0.4 is 10.6 Å². The summed E-state index contributed by atoms with van der Waals surface area (Å²) >= 11 is 0. The second kappa shape index (κ2) is 9.49. The molecule has 0 spiro atoms. The maximum atomic E-state index is 13.2. The molecule has 4 rings (SSSR count). The van der Waals surface area contributed by atoms with E-state index >= 15 is 0 Å². The van der Waals surface area contributed by atoms with Gasteiger partial charge in [-0.1, -0.05) is 74.5 Å². The monoisotopic (exact) mass is 442 g/mol. The Bertz CT molecular complexity index is 1150. The molecule has 1 aliphatic rings. The third kappa shape index (κ3) is 4.77. The number of benzene rings is 3. The Kier molecular flexibility index (Phi) is 6.50. The average molecular weight is 443 g/mol. The van der Waals surface area contributed by atoms with Gasteiger partial charge in [0.2, 0.25) is 0 Å². The van der Waals surface area contributed by atoms with E-state index in [1.807, 2.05) is 67.6 Å². The summed E-state index contributed by atoms with van der Waals surface area (Å²) in [5.74, 6) is -0.121. The topological polar surface area (TPSA) is 72.6 Å². The summed E-state index contributed by atoms with van der Waals surface area (Å²) in [6.45, 7) is 6.25. The molecule has 0 saturated heterocycles. The predicted molar refractivity (Wildman–Crippen MR) is 131 cm³/mol. The number of hydrogen-bond acceptors (Lipinski definition) is 3. The van der Waals surface area contributed by atoms with E-state index in [2.05, 4.69) is 26.0 Å². The maximum Gasteiger partial charge on any atom is 0.323 e. The number of esters is 1. The molecular weight excluding hydrogens is 412 g/mol. The van der Waals surface area contributed by atoms with Gasteiger partial charge in [0.05, 0.1) is 17.3 Å². The molecule has 2 amide bonds. The van der Waals surface area contributed by atoms with Gasteiger partial charge in [0.1, 0.15) is 6.10 Å². The molecule has 33 heavy (non-hydrogen) atoms. The molecule has 3 aromatic rings. The van der Waals surface area contributed by atoms with Crippen molar-refractivity contribution in [3.63, 3.8) is 0 Å². The van der Waals surface area contributed by atoms with Gasteiger partial charge in [-0.25, -0.2) is 4.79 Å². The highest BCUT2D eigenvalue weighted by atomic mass is 16.5. The van der Waals surface area contributed by atoms with Crippen LogP contribution in [0.2, 0.25) is 0 Å². The smallest absolute Gasteiger partial charge is 0.323 e. The van der Waals surface area contributed by atoms with E-state index in [9.17, 15) is 9.59 Å². The Morgan fingerprint density at radius 2 is 1.58 bits per heavy atom. The van der Waals surface area contributed by atoms with Gasteiger partial charge in [0.15, 0.2) is 0 Å². The van der Waals surface area contributed by atoms with Crippen LogP contribution in [0.4, 0.5) is 16.2 Å². The Hall–Kier alpha value is -3.60. The minimum atomic E-state index is -0.572. The number of rotatable bonds is 5. The Morgan fingerprint density at radius 1 is 0.939 bits per heavy atom. The summed E-state index contributed by atoms with van der Waals surface area (Å²) < 4.78 is 6.08. The first-order valence-corrected chi connectivity index (χ1v) is 11.4. The third-order valence-corrected chi connectivity index (χ3v) is 6.12. The number of hydrogen-bond donors (Lipinski definition) is 1. The van der Waals surface area contributed by atoms with Crippen LogP contribution in [0.5, 0.6) is 0 Å². The molecular formula is C28H30N2O3. The quantitative estimate of drug-likeness (QED) is 0.489. The van der Waals surface area contributed by atoms with Crippen molar-refractivity contribution in [3.05, 3.63) is 95.1 Å². The van der Waals surface area contributed by atoms with Crippen LogP contribution in [-0.4, -0.2) is 12.0 Å². The number of para-hydroxylation sites is 2. The third-order valence-electron chi connectivity index (χ3n) is 6.12. The number of amides is 2. The molecule has 2 N–H and O–H groups in total. The number of carbonyl (C=O) groups is 2. The van der Waals surface area contributed by atoms with E-state index in [4.69, 9.17) is 10.5 Å². The lowest BCUT2D eigenvalue weighted by molar-refractivity contribution is -0.150. The van der Waals surface area contributed by atoms with Crippen molar-refractivity contribution in [1.82, 2.24) is 0 Å². The molecule has 0 saturated carbocycles. The number of fused-ring (bicyclic) bond motifs is 2. The molecule has 0 radical (unpaired) electrons. The SMILES string of the molecule is CC(C)Cc1ccc([C@@H](C)C(=O)O[C@H]2Cc3ccccc3N(C(N)=O)c3ccccc32)cc1. The van der Waals surface area contributed by atoms with E-state index in [1.165, 1.54) is 10.5 Å². The van der Waals surface area contributed by atoms with Gasteiger partial charge >= 0.3 is 12.0 Å². The molecule has 0 unspecified atom stereocenters. The van der Waals surface area contributed by atoms with Gasteiger partial charge < -0.3 is 10.5 Å². The van der Waals surface area contributed by atoms with E-state index in [0.29, 0.717) is 23.7 Å². The molecule has 5 nitrogen and oxygen atoms in total. The lowest BCUT2D eigenvalue weighted by atomic mass is 9.96. The van der Waals surface area contributed by atoms with Crippen LogP contribution in [0.1, 0.15) is 55.0 Å². The van der Waals surface area contributed by atoms with Crippen LogP contribution in [0, 0.1) is 5.92 Å². The summed E-state index contributed by atoms with van der Waals surface area (Å²) in [6.07, 6.45) is 0.943. The molecule has 5 heteroatoms. The fourth-order valence-electron chi connectivity index (χ4n) is 4.44. The van der Waals surface area contributed by atoms with Gasteiger partial charge in [0.25, 0.3) is 0 Å². The summed E-state index contributed by atoms with van der Waals surface area (Å²) in [5, 5.41) is 0. The number of ether oxygens (including phenoxy) is 1. The number of anilines is 2. The van der Waals surface area contributed by atoms with Gasteiger partial charge in [-0.15, -0.1) is 0 Å². The molecule has 1 heterocycles. The minimum Gasteiger partial charge on any atom is -0.457 e. The van der Waals surface area contributed by atoms with Crippen LogP contribution in [0.15, 0.2) is 72.8 Å². The normalized spacial score (nSPS) is 15.9. The number of primary amides is 1. The van der Waals surface area contributed by atoms with Crippen molar-refractivity contribution in [3.8, 4) is 0 Å². The first-order valence-electron chi connectivity index (χ1n) is 11.4. The van der Waals surface area contributed by atoms with Crippen LogP contribution in [-0.2, 0) is 22.4 Å². The van der Waals surface area contributed by atoms with Crippen molar-refractivity contribution >= 4 is 23.4 Å². The molecule has 0 fully saturated rings. The van der Waals surface area contributed by atoms with Crippen LogP contribution in [0.25, 0.3) is 0 Å². The van der Waals surface area contributed by atoms with E-state index in [1.54, 1.807) is 0 Å². The largest absolute Gasteiger partial charge is 0.457 e. The molecule has 1 aliphatic heterocycles. The first-order chi connectivity index (χ1) is 15.8. The minimum absolute atomic E-state index is 0.295. The molecule has 2 atom stereocenters. The zero-order chi connectivity index (χ0) is 23.5. The molecule has 0 aromatic heterocycles. The van der Waals surface area contributed by atoms with E-state index < -0.39 is 18.1 Å². The lowest BCUT2D eigenvalue weighted by Crippen LogP contribution is -2.32. The second-order valence-corrected chi connectivity index (χ2v) is 9.05. The molecule has 3 aromatic carbocycles. The predicted octanol–water partition coefficient (Wildman–Crippen LogP) is 6.05. The number of nitrogens with two attached hydrogens (primary N) is 1. The average Bonchev–Trinajstić information content (AvgIpc) is 2.93. The summed E-state index contributed by atoms with van der Waals surface area (Å²) in [5.41, 5.74) is 11.0. The number of urea groups is 1. The fourth-order valence-corrected chi connectivity index (χ4v) is 4.44. The first kappa shape index (κ1) is 22.6. The Balaban J connectivity index is 1.62. The van der Waals surface area contributed by atoms with Gasteiger partial charge in [0, 0.05) is 12.0 Å². The van der Waals surface area contributed by atoms with Crippen LogP contribution in [0.3, 0.4) is 0 Å². The second-order valence-electron chi connectivity index (χ2n) is 9.05. The highest BCUT2D eigenvalue weighted by molar-refractivity contribution is 6.00. The van der Waals surface area contributed by atoms with Crippen molar-refractivity contribution in [2.45, 2.75) is 45.6 Å². The number of carbonyl (C=O) groups excluding carboxylic acids is 2.